The molecule has 0 saturated heterocycles. The molecule has 88 valence electrons. The summed E-state index contributed by atoms with van der Waals surface area (Å²) in [5, 5.41) is 0. The third-order valence-electron chi connectivity index (χ3n) is 2.33. The largest absolute Gasteiger partial charge is 0.382 e. The summed E-state index contributed by atoms with van der Waals surface area (Å²) in [7, 11) is 2.03. The quantitative estimate of drug-likeness (QED) is 0.849. The van der Waals surface area contributed by atoms with Gasteiger partial charge in [0.15, 0.2) is 0 Å². The third-order valence-corrected chi connectivity index (χ3v) is 2.33. The molecule has 2 aromatic rings. The Morgan fingerprint density at radius 2 is 2.06 bits per heavy atom. The zero-order chi connectivity index (χ0) is 12.1. The Kier molecular flexibility index (Phi) is 3.62. The van der Waals surface area contributed by atoms with E-state index in [9.17, 15) is 0 Å². The fraction of sp³-hybridized carbons (Fsp3) is 0.250. The molecule has 0 unspecified atom stereocenters. The summed E-state index contributed by atoms with van der Waals surface area (Å²) in [6, 6.07) is 3.99. The lowest BCUT2D eigenvalue weighted by Crippen LogP contribution is -2.18. The summed E-state index contributed by atoms with van der Waals surface area (Å²) in [6.07, 6.45) is 6.92. The second-order valence-electron chi connectivity index (χ2n) is 3.97. The van der Waals surface area contributed by atoms with E-state index in [4.69, 9.17) is 5.73 Å². The molecule has 0 amide bonds. The van der Waals surface area contributed by atoms with Gasteiger partial charge in [0.05, 0.1) is 18.1 Å². The molecule has 0 aliphatic heterocycles. The van der Waals surface area contributed by atoms with Crippen LogP contribution in [0.25, 0.3) is 0 Å². The van der Waals surface area contributed by atoms with Crippen LogP contribution >= 0.6 is 0 Å². The standard InChI is InChI=1S/C12H15N5/c1-17(8-10-3-2-4-14-5-10)9-11-6-16-12(13)7-15-11/h2-7H,8-9H2,1H3,(H2,13,16). The second kappa shape index (κ2) is 5.36. The minimum atomic E-state index is 0.448. The van der Waals surface area contributed by atoms with Gasteiger partial charge in [0, 0.05) is 25.5 Å². The van der Waals surface area contributed by atoms with Gasteiger partial charge < -0.3 is 5.73 Å². The normalized spacial score (nSPS) is 10.7. The molecule has 2 rings (SSSR count). The molecule has 0 aliphatic rings. The van der Waals surface area contributed by atoms with Crippen molar-refractivity contribution in [2.75, 3.05) is 12.8 Å². The van der Waals surface area contributed by atoms with Crippen LogP contribution in [0, 0.1) is 0 Å². The van der Waals surface area contributed by atoms with Crippen molar-refractivity contribution < 1.29 is 0 Å². The van der Waals surface area contributed by atoms with Gasteiger partial charge in [-0.25, -0.2) is 4.98 Å². The summed E-state index contributed by atoms with van der Waals surface area (Å²) >= 11 is 0. The molecular weight excluding hydrogens is 214 g/mol. The van der Waals surface area contributed by atoms with Crippen molar-refractivity contribution in [3.8, 4) is 0 Å². The highest BCUT2D eigenvalue weighted by molar-refractivity contribution is 5.22. The molecule has 2 aromatic heterocycles. The summed E-state index contributed by atoms with van der Waals surface area (Å²) in [6.45, 7) is 1.57. The first-order valence-electron chi connectivity index (χ1n) is 5.38. The Balaban J connectivity index is 1.93. The van der Waals surface area contributed by atoms with Crippen LogP contribution in [-0.2, 0) is 13.1 Å². The smallest absolute Gasteiger partial charge is 0.141 e. The first-order valence-corrected chi connectivity index (χ1v) is 5.38. The van der Waals surface area contributed by atoms with Crippen LogP contribution in [0.3, 0.4) is 0 Å². The molecule has 0 bridgehead atoms. The molecule has 2 N–H and O–H groups in total. The minimum absolute atomic E-state index is 0.448. The summed E-state index contributed by atoms with van der Waals surface area (Å²) in [5.74, 6) is 0.448. The molecule has 5 heteroatoms. The number of hydrogen-bond donors (Lipinski definition) is 1. The predicted molar refractivity (Wildman–Crippen MR) is 65.9 cm³/mol. The maximum Gasteiger partial charge on any atom is 0.141 e. The van der Waals surface area contributed by atoms with Crippen LogP contribution < -0.4 is 5.73 Å². The van der Waals surface area contributed by atoms with E-state index in [2.05, 4.69) is 25.9 Å². The van der Waals surface area contributed by atoms with Crippen LogP contribution in [0.4, 0.5) is 5.82 Å². The molecule has 0 saturated carbocycles. The number of nitrogen functional groups attached to an aromatic ring is 1. The van der Waals surface area contributed by atoms with Gasteiger partial charge in [-0.05, 0) is 18.7 Å². The highest BCUT2D eigenvalue weighted by Crippen LogP contribution is 2.05. The molecule has 17 heavy (non-hydrogen) atoms. The van der Waals surface area contributed by atoms with E-state index in [0.717, 1.165) is 18.8 Å². The molecule has 2 heterocycles. The maximum absolute atomic E-state index is 5.49. The van der Waals surface area contributed by atoms with Crippen LogP contribution in [0.2, 0.25) is 0 Å². The monoisotopic (exact) mass is 229 g/mol. The Labute approximate surface area is 100 Å². The van der Waals surface area contributed by atoms with Gasteiger partial charge in [-0.15, -0.1) is 0 Å². The predicted octanol–water partition coefficient (Wildman–Crippen LogP) is 1.09. The molecule has 0 atom stereocenters. The topological polar surface area (TPSA) is 67.9 Å². The second-order valence-corrected chi connectivity index (χ2v) is 3.97. The van der Waals surface area contributed by atoms with Crippen molar-refractivity contribution >= 4 is 5.82 Å². The Bertz CT molecular complexity index is 454. The minimum Gasteiger partial charge on any atom is -0.382 e. The lowest BCUT2D eigenvalue weighted by molar-refractivity contribution is 0.314. The van der Waals surface area contributed by atoms with Gasteiger partial charge in [0.2, 0.25) is 0 Å². The Morgan fingerprint density at radius 1 is 1.18 bits per heavy atom. The Hall–Kier alpha value is -2.01. The molecule has 5 nitrogen and oxygen atoms in total. The lowest BCUT2D eigenvalue weighted by Gasteiger charge is -2.15. The van der Waals surface area contributed by atoms with Gasteiger partial charge in [-0.1, -0.05) is 6.07 Å². The van der Waals surface area contributed by atoms with Gasteiger partial charge in [0.1, 0.15) is 5.82 Å². The van der Waals surface area contributed by atoms with Gasteiger partial charge >= 0.3 is 0 Å². The van der Waals surface area contributed by atoms with Crippen LogP contribution in [0.5, 0.6) is 0 Å². The molecule has 0 radical (unpaired) electrons. The maximum atomic E-state index is 5.49. The summed E-state index contributed by atoms with van der Waals surface area (Å²) < 4.78 is 0. The molecular formula is C12H15N5. The number of nitrogens with two attached hydrogens (primary N) is 1. The number of hydrogen-bond acceptors (Lipinski definition) is 5. The van der Waals surface area contributed by atoms with E-state index in [1.54, 1.807) is 18.6 Å². The zero-order valence-electron chi connectivity index (χ0n) is 9.74. The first kappa shape index (κ1) is 11.5. The third kappa shape index (κ3) is 3.49. The van der Waals surface area contributed by atoms with E-state index in [1.165, 1.54) is 5.56 Å². The van der Waals surface area contributed by atoms with Crippen molar-refractivity contribution in [3.63, 3.8) is 0 Å². The van der Waals surface area contributed by atoms with E-state index in [0.29, 0.717) is 5.82 Å². The van der Waals surface area contributed by atoms with E-state index < -0.39 is 0 Å². The average molecular weight is 229 g/mol. The van der Waals surface area contributed by atoms with Crippen molar-refractivity contribution in [3.05, 3.63) is 48.2 Å². The summed E-state index contributed by atoms with van der Waals surface area (Å²) in [5.41, 5.74) is 7.57. The zero-order valence-corrected chi connectivity index (χ0v) is 9.74. The van der Waals surface area contributed by atoms with Crippen LogP contribution in [0.1, 0.15) is 11.3 Å². The number of aromatic nitrogens is 3. The number of rotatable bonds is 4. The molecule has 0 aliphatic carbocycles. The van der Waals surface area contributed by atoms with E-state index in [-0.39, 0.29) is 0 Å². The van der Waals surface area contributed by atoms with E-state index >= 15 is 0 Å². The average Bonchev–Trinajstić information content (AvgIpc) is 2.33. The van der Waals surface area contributed by atoms with Crippen molar-refractivity contribution in [2.45, 2.75) is 13.1 Å². The Morgan fingerprint density at radius 3 is 2.71 bits per heavy atom. The number of pyridine rings is 1. The van der Waals surface area contributed by atoms with E-state index in [1.807, 2.05) is 19.3 Å². The van der Waals surface area contributed by atoms with Crippen molar-refractivity contribution in [2.24, 2.45) is 0 Å². The van der Waals surface area contributed by atoms with Crippen LogP contribution in [0.15, 0.2) is 36.9 Å². The number of anilines is 1. The SMILES string of the molecule is CN(Cc1cccnc1)Cc1cnc(N)cn1. The lowest BCUT2D eigenvalue weighted by atomic mass is 10.2. The fourth-order valence-corrected chi connectivity index (χ4v) is 1.58. The van der Waals surface area contributed by atoms with Crippen LogP contribution in [-0.4, -0.2) is 26.9 Å². The van der Waals surface area contributed by atoms with Gasteiger partial charge in [0.25, 0.3) is 0 Å². The first-order chi connectivity index (χ1) is 8.24. The number of nitrogens with zero attached hydrogens (tertiary/aromatic N) is 4. The van der Waals surface area contributed by atoms with Crippen molar-refractivity contribution in [1.29, 1.82) is 0 Å². The van der Waals surface area contributed by atoms with Crippen molar-refractivity contribution in [1.82, 2.24) is 19.9 Å². The highest BCUT2D eigenvalue weighted by atomic mass is 15.1. The molecule has 0 spiro atoms. The molecule has 0 aromatic carbocycles. The highest BCUT2D eigenvalue weighted by Gasteiger charge is 2.03. The van der Waals surface area contributed by atoms with Gasteiger partial charge in [-0.2, -0.15) is 0 Å². The fourth-order valence-electron chi connectivity index (χ4n) is 1.58. The molecule has 0 fully saturated rings. The van der Waals surface area contributed by atoms with Gasteiger partial charge in [-0.3, -0.25) is 14.9 Å². The summed E-state index contributed by atoms with van der Waals surface area (Å²) in [4.78, 5) is 14.5.